The molecule has 0 aromatic heterocycles. The quantitative estimate of drug-likeness (QED) is 0.690. The molecule has 82 valence electrons. The number of likely N-dealkylation sites (tertiary alicyclic amines) is 1. The molecular formula is C8H12F3NO2. The molecule has 0 unspecified atom stereocenters. The number of aliphatic hydroxyl groups excluding tert-OH is 1. The Bertz CT molecular complexity index is 231. The molecule has 0 aliphatic carbocycles. The molecule has 1 N–H and O–H groups in total. The molecule has 14 heavy (non-hydrogen) atoms. The lowest BCUT2D eigenvalue weighted by Crippen LogP contribution is -2.56. The lowest BCUT2D eigenvalue weighted by Gasteiger charge is -2.37. The molecular weight excluding hydrogens is 199 g/mol. The van der Waals surface area contributed by atoms with Crippen LogP contribution in [-0.2, 0) is 4.79 Å². The zero-order chi connectivity index (χ0) is 11.0. The van der Waals surface area contributed by atoms with Gasteiger partial charge in [-0.3, -0.25) is 4.79 Å². The Morgan fingerprint density at radius 3 is 2.57 bits per heavy atom. The van der Waals surface area contributed by atoms with Gasteiger partial charge in [0.25, 0.3) is 0 Å². The van der Waals surface area contributed by atoms with Crippen LogP contribution in [0, 0.1) is 0 Å². The van der Waals surface area contributed by atoms with Crippen LogP contribution in [0.2, 0.25) is 0 Å². The fraction of sp³-hybridized carbons (Fsp3) is 0.875. The molecule has 1 aliphatic heterocycles. The molecule has 1 heterocycles. The molecule has 1 rings (SSSR count). The van der Waals surface area contributed by atoms with Crippen LogP contribution in [0.5, 0.6) is 0 Å². The van der Waals surface area contributed by atoms with Crippen LogP contribution in [0.4, 0.5) is 13.2 Å². The molecule has 0 saturated carbocycles. The Labute approximate surface area is 79.5 Å². The van der Waals surface area contributed by atoms with Crippen LogP contribution in [0.15, 0.2) is 0 Å². The summed E-state index contributed by atoms with van der Waals surface area (Å²) in [6, 6.07) is 0. The highest BCUT2D eigenvalue weighted by Gasteiger charge is 2.54. The van der Waals surface area contributed by atoms with E-state index in [2.05, 4.69) is 0 Å². The largest absolute Gasteiger partial charge is 0.416 e. The molecule has 0 aromatic rings. The summed E-state index contributed by atoms with van der Waals surface area (Å²) in [5, 5.41) is 9.12. The van der Waals surface area contributed by atoms with E-state index >= 15 is 0 Å². The number of aliphatic hydroxyl groups is 1. The minimum Gasteiger partial charge on any atom is -0.382 e. The number of hydrogen-bond acceptors (Lipinski definition) is 2. The minimum absolute atomic E-state index is 0.173. The molecule has 1 amide bonds. The van der Waals surface area contributed by atoms with Crippen molar-refractivity contribution in [3.05, 3.63) is 0 Å². The van der Waals surface area contributed by atoms with Crippen molar-refractivity contribution in [1.29, 1.82) is 0 Å². The first-order valence-corrected chi connectivity index (χ1v) is 4.29. The molecule has 1 saturated heterocycles. The molecule has 1 aliphatic rings. The number of hydrogen-bond donors (Lipinski definition) is 1. The second-order valence-electron chi connectivity index (χ2n) is 3.70. The smallest absolute Gasteiger partial charge is 0.382 e. The number of rotatable bonds is 2. The third-order valence-corrected chi connectivity index (χ3v) is 2.76. The molecule has 0 spiro atoms. The highest BCUT2D eigenvalue weighted by molar-refractivity contribution is 5.50. The van der Waals surface area contributed by atoms with Crippen LogP contribution >= 0.6 is 0 Å². The van der Waals surface area contributed by atoms with Gasteiger partial charge in [0.05, 0.1) is 5.54 Å². The number of carbonyl (C=O) groups excluding carboxylic acids is 1. The van der Waals surface area contributed by atoms with Crippen LogP contribution in [0.1, 0.15) is 19.8 Å². The van der Waals surface area contributed by atoms with E-state index in [0.29, 0.717) is 12.8 Å². The molecule has 1 fully saturated rings. The SMILES string of the molecule is C[C@@]1([C@@H](O)C(F)(F)F)CCCN1C=O. The van der Waals surface area contributed by atoms with Gasteiger partial charge in [-0.25, -0.2) is 0 Å². The van der Waals surface area contributed by atoms with Crippen molar-refractivity contribution < 1.29 is 23.1 Å². The van der Waals surface area contributed by atoms with Gasteiger partial charge in [-0.2, -0.15) is 13.2 Å². The minimum atomic E-state index is -4.68. The van der Waals surface area contributed by atoms with Crippen LogP contribution in [-0.4, -0.2) is 40.8 Å². The second kappa shape index (κ2) is 3.42. The highest BCUT2D eigenvalue weighted by Crippen LogP contribution is 2.38. The standard InChI is InChI=1S/C8H12F3NO2/c1-7(6(14)8(9,10)11)3-2-4-12(7)5-13/h5-6,14H,2-4H2,1H3/t6-,7+/m1/s1. The zero-order valence-corrected chi connectivity index (χ0v) is 7.71. The van der Waals surface area contributed by atoms with Crippen molar-refractivity contribution in [2.45, 2.75) is 37.6 Å². The third-order valence-electron chi connectivity index (χ3n) is 2.76. The van der Waals surface area contributed by atoms with Gasteiger partial charge in [-0.15, -0.1) is 0 Å². The Balaban J connectivity index is 2.88. The van der Waals surface area contributed by atoms with E-state index in [1.165, 1.54) is 6.92 Å². The average molecular weight is 211 g/mol. The Kier molecular flexibility index (Phi) is 2.76. The summed E-state index contributed by atoms with van der Waals surface area (Å²) in [6.07, 6.45) is -6.13. The van der Waals surface area contributed by atoms with Gasteiger partial charge in [0.15, 0.2) is 6.10 Å². The van der Waals surface area contributed by atoms with Crippen LogP contribution < -0.4 is 0 Å². The van der Waals surface area contributed by atoms with Gasteiger partial charge in [0.1, 0.15) is 0 Å². The lowest BCUT2D eigenvalue weighted by molar-refractivity contribution is -0.234. The Morgan fingerprint density at radius 1 is 1.57 bits per heavy atom. The second-order valence-corrected chi connectivity index (χ2v) is 3.70. The van der Waals surface area contributed by atoms with E-state index in [-0.39, 0.29) is 13.0 Å². The van der Waals surface area contributed by atoms with Crippen LogP contribution in [0.3, 0.4) is 0 Å². The fourth-order valence-electron chi connectivity index (χ4n) is 1.83. The molecule has 6 heteroatoms. The molecule has 0 bridgehead atoms. The molecule has 0 aromatic carbocycles. The summed E-state index contributed by atoms with van der Waals surface area (Å²) >= 11 is 0. The van der Waals surface area contributed by atoms with Crippen molar-refractivity contribution in [2.75, 3.05) is 6.54 Å². The van der Waals surface area contributed by atoms with Gasteiger partial charge >= 0.3 is 6.18 Å². The fourth-order valence-corrected chi connectivity index (χ4v) is 1.83. The first kappa shape index (κ1) is 11.3. The predicted molar refractivity (Wildman–Crippen MR) is 42.5 cm³/mol. The summed E-state index contributed by atoms with van der Waals surface area (Å²) < 4.78 is 36.8. The predicted octanol–water partition coefficient (Wildman–Crippen LogP) is 0.921. The summed E-state index contributed by atoms with van der Waals surface area (Å²) in [5.74, 6) is 0. The van der Waals surface area contributed by atoms with E-state index in [0.717, 1.165) is 4.90 Å². The van der Waals surface area contributed by atoms with Crippen molar-refractivity contribution in [1.82, 2.24) is 4.90 Å². The van der Waals surface area contributed by atoms with Gasteiger partial charge in [0.2, 0.25) is 6.41 Å². The monoisotopic (exact) mass is 211 g/mol. The van der Waals surface area contributed by atoms with Gasteiger partial charge in [-0.05, 0) is 19.8 Å². The normalized spacial score (nSPS) is 30.5. The Morgan fingerprint density at radius 2 is 2.14 bits per heavy atom. The van der Waals surface area contributed by atoms with E-state index < -0.39 is 17.8 Å². The number of alkyl halides is 3. The van der Waals surface area contributed by atoms with E-state index in [4.69, 9.17) is 5.11 Å². The third kappa shape index (κ3) is 1.70. The zero-order valence-electron chi connectivity index (χ0n) is 7.71. The maximum Gasteiger partial charge on any atom is 0.416 e. The van der Waals surface area contributed by atoms with Gasteiger partial charge < -0.3 is 10.0 Å². The summed E-state index contributed by atoms with van der Waals surface area (Å²) in [7, 11) is 0. The lowest BCUT2D eigenvalue weighted by atomic mass is 9.91. The van der Waals surface area contributed by atoms with Crippen molar-refractivity contribution >= 4 is 6.41 Å². The number of nitrogens with zero attached hydrogens (tertiary/aromatic N) is 1. The maximum atomic E-state index is 12.3. The van der Waals surface area contributed by atoms with E-state index in [9.17, 15) is 18.0 Å². The van der Waals surface area contributed by atoms with E-state index in [1.807, 2.05) is 0 Å². The molecule has 3 nitrogen and oxygen atoms in total. The van der Waals surface area contributed by atoms with Gasteiger partial charge in [-0.1, -0.05) is 0 Å². The summed E-state index contributed by atoms with van der Waals surface area (Å²) in [4.78, 5) is 11.5. The van der Waals surface area contributed by atoms with Crippen LogP contribution in [0.25, 0.3) is 0 Å². The molecule has 2 atom stereocenters. The highest BCUT2D eigenvalue weighted by atomic mass is 19.4. The summed E-state index contributed by atoms with van der Waals surface area (Å²) in [6.45, 7) is 1.53. The number of amides is 1. The summed E-state index contributed by atoms with van der Waals surface area (Å²) in [5.41, 5.74) is -1.50. The maximum absolute atomic E-state index is 12.3. The first-order chi connectivity index (χ1) is 6.32. The van der Waals surface area contributed by atoms with Gasteiger partial charge in [0, 0.05) is 6.54 Å². The van der Waals surface area contributed by atoms with Crippen molar-refractivity contribution in [2.24, 2.45) is 0 Å². The van der Waals surface area contributed by atoms with Crippen molar-refractivity contribution in [3.8, 4) is 0 Å². The topological polar surface area (TPSA) is 40.5 Å². The van der Waals surface area contributed by atoms with Crippen molar-refractivity contribution in [3.63, 3.8) is 0 Å². The molecule has 0 radical (unpaired) electrons. The van der Waals surface area contributed by atoms with E-state index in [1.54, 1.807) is 0 Å². The first-order valence-electron chi connectivity index (χ1n) is 4.29. The average Bonchev–Trinajstić information content (AvgIpc) is 2.45. The Hall–Kier alpha value is -0.780. The number of carbonyl (C=O) groups is 1. The number of halogens is 3.